The zero-order chi connectivity index (χ0) is 71.4. The molecular weight excluding hydrogens is 1260 g/mol. The van der Waals surface area contributed by atoms with E-state index >= 15 is 4.79 Å². The number of carbonyl (C=O) groups excluding carboxylic acids is 14. The molecule has 4 rings (SSSR count). The highest BCUT2D eigenvalue weighted by Crippen LogP contribution is 2.48. The third kappa shape index (κ3) is 22.0. The lowest BCUT2D eigenvalue weighted by Crippen LogP contribution is -2.62. The summed E-state index contributed by atoms with van der Waals surface area (Å²) in [5.41, 5.74) is 6.34. The molecule has 1 spiro atoms. The third-order valence-electron chi connectivity index (χ3n) is 16.8. The van der Waals surface area contributed by atoms with Gasteiger partial charge in [-0.05, 0) is 84.5 Å². The van der Waals surface area contributed by atoms with Crippen molar-refractivity contribution in [2.24, 2.45) is 23.3 Å². The van der Waals surface area contributed by atoms with Gasteiger partial charge in [-0.15, -0.1) is 0 Å². The first-order valence-corrected chi connectivity index (χ1v) is 33.1. The normalized spacial score (nSPS) is 28.9. The Morgan fingerprint density at radius 3 is 1.52 bits per heavy atom. The van der Waals surface area contributed by atoms with Crippen LogP contribution in [0.3, 0.4) is 0 Å². The number of amides is 11. The maximum absolute atomic E-state index is 15.0. The third-order valence-corrected chi connectivity index (χ3v) is 17.1. The van der Waals surface area contributed by atoms with Gasteiger partial charge in [-0.2, -0.15) is 0 Å². The number of primary amides is 2. The Balaban J connectivity index is 1.89. The van der Waals surface area contributed by atoms with Gasteiger partial charge in [0.15, 0.2) is 5.72 Å². The minimum atomic E-state index is -2.42. The quantitative estimate of drug-likeness (QED) is 0.0292. The van der Waals surface area contributed by atoms with Crippen molar-refractivity contribution in [1.29, 1.82) is 0 Å². The van der Waals surface area contributed by atoms with E-state index in [-0.39, 0.29) is 81.1 Å². The number of hydrogen-bond acceptors (Lipinski definition) is 20. The fourth-order valence-corrected chi connectivity index (χ4v) is 12.0. The second-order valence-corrected chi connectivity index (χ2v) is 26.3. The molecule has 0 radical (unpaired) electrons. The zero-order valence-electron chi connectivity index (χ0n) is 55.9. The highest BCUT2D eigenvalue weighted by Gasteiger charge is 2.60. The number of unbranched alkanes of at least 4 members (excludes halogenated alkanes) is 5. The van der Waals surface area contributed by atoms with Crippen LogP contribution in [0.1, 0.15) is 178 Å². The summed E-state index contributed by atoms with van der Waals surface area (Å²) in [6, 6.07) is -15.3. The molecule has 2 saturated heterocycles. The molecule has 16 N–H and O–H groups in total. The van der Waals surface area contributed by atoms with Crippen LogP contribution in [0.15, 0.2) is 22.4 Å². The van der Waals surface area contributed by atoms with Crippen molar-refractivity contribution in [3.05, 3.63) is 22.4 Å². The summed E-state index contributed by atoms with van der Waals surface area (Å²) in [6.07, 6.45) is -1.28. The maximum Gasteiger partial charge on any atom is 0.307 e. The van der Waals surface area contributed by atoms with Gasteiger partial charge in [0.1, 0.15) is 60.5 Å². The standard InChI is InChI=1S/C63H99ClN12O19/c1-11-13-14-15-16-17-21-37-54(86)68-38(22-18-24-76-30-36-46(51(83)63(76)23-19-25-94-63)47(64)52(84)62(10,50(36)82)95-45(81)20-12-2)55(87)74-48(34(8)77)60(92)67-33(7)53(85)70-41(28-43(65)79)57(89)72-42(29-44(66)80)58(90)71-40(27-32(5)6)59(91)75-49(35(9)78)61(93)73-39(26-31(3)4)56(88)69-37/h30-35,37-42,48-49,51,77-78,83H,11-29H2,1-10H3,(H2,65,79)(H2,66,80)(H,67,92)(H,68,86)(H,69,88)(H,70,85)(H,71,90)(H,72,89)(H,73,93)(H,74,87)(H,75,91)/t33-,34+,35+,37+,38-,39+,40+,41-,42+,48-,49-,51-,62-,63+/m0/s1. The number of nitrogens with one attached hydrogen (secondary N) is 9. The first-order valence-electron chi connectivity index (χ1n) is 32.7. The summed E-state index contributed by atoms with van der Waals surface area (Å²) < 4.78 is 11.7. The molecule has 1 aliphatic carbocycles. The van der Waals surface area contributed by atoms with E-state index in [1.165, 1.54) is 18.0 Å². The lowest BCUT2D eigenvalue weighted by molar-refractivity contribution is -0.174. The first kappa shape index (κ1) is 79.8. The number of halogens is 1. The number of esters is 1. The summed E-state index contributed by atoms with van der Waals surface area (Å²) in [6.45, 7) is 15.0. The molecule has 0 saturated carbocycles. The second-order valence-electron chi connectivity index (χ2n) is 25.9. The number of nitrogens with zero attached hydrogens (tertiary/aromatic N) is 1. The summed E-state index contributed by atoms with van der Waals surface area (Å²) in [7, 11) is 0. The monoisotopic (exact) mass is 1360 g/mol. The zero-order valence-corrected chi connectivity index (χ0v) is 56.7. The Bertz CT molecular complexity index is 2910. The Labute approximate surface area is 558 Å². The molecule has 32 heteroatoms. The van der Waals surface area contributed by atoms with Gasteiger partial charge in [0, 0.05) is 43.3 Å². The van der Waals surface area contributed by atoms with E-state index in [9.17, 15) is 77.6 Å². The van der Waals surface area contributed by atoms with Crippen LogP contribution < -0.4 is 59.3 Å². The molecule has 95 heavy (non-hydrogen) atoms. The fourth-order valence-electron chi connectivity index (χ4n) is 11.6. The minimum absolute atomic E-state index is 0.0310. The molecule has 31 nitrogen and oxygen atoms in total. The number of ether oxygens (including phenoxy) is 2. The average molecular weight is 1360 g/mol. The molecule has 4 aliphatic rings. The number of nitrogens with two attached hydrogens (primary N) is 2. The van der Waals surface area contributed by atoms with E-state index in [2.05, 4.69) is 47.9 Å². The van der Waals surface area contributed by atoms with Gasteiger partial charge < -0.3 is 89.0 Å². The van der Waals surface area contributed by atoms with Crippen molar-refractivity contribution in [3.8, 4) is 0 Å². The molecule has 3 heterocycles. The van der Waals surface area contributed by atoms with Crippen LogP contribution in [-0.2, 0) is 76.6 Å². The SMILES string of the molecule is CCCCCCCC[C@H]1NC(=O)[C@@H](CC(C)C)NC(=O)[C@H]([C@@H](C)O)NC(=O)[C@@H](CC(C)C)NC(=O)[C@@H](CC(N)=O)NC(=O)[C@H](CC(N)=O)NC(=O)[C@H](C)NC(=O)[C@H]([C@@H](C)O)NC(=O)[C@H](CCCN2C=C3C(=O)[C@](C)(OC(=O)CCC)C(=O)C(Cl)=C3[C@H](O)[C@]23CCCO3)NC1=O. The lowest BCUT2D eigenvalue weighted by atomic mass is 9.74. The van der Waals surface area contributed by atoms with Gasteiger partial charge in [0.25, 0.3) is 0 Å². The van der Waals surface area contributed by atoms with Crippen LogP contribution in [-0.4, -0.2) is 200 Å². The first-order chi connectivity index (χ1) is 44.5. The predicted octanol–water partition coefficient (Wildman–Crippen LogP) is -1.67. The second kappa shape index (κ2) is 36.5. The molecule has 0 unspecified atom stereocenters. The van der Waals surface area contributed by atoms with Crippen LogP contribution in [0, 0.1) is 11.8 Å². The minimum Gasteiger partial charge on any atom is -0.442 e. The van der Waals surface area contributed by atoms with E-state index in [1.807, 2.05) is 6.92 Å². The smallest absolute Gasteiger partial charge is 0.307 e. The summed E-state index contributed by atoms with van der Waals surface area (Å²) in [5, 5.41) is 55.9. The lowest BCUT2D eigenvalue weighted by Gasteiger charge is -2.49. The molecule has 0 aromatic heterocycles. The molecular formula is C63H99ClN12O19. The highest BCUT2D eigenvalue weighted by molar-refractivity contribution is 6.49. The average Bonchev–Trinajstić information content (AvgIpc) is 1.65. The van der Waals surface area contributed by atoms with E-state index in [4.69, 9.17) is 32.5 Å². The summed E-state index contributed by atoms with van der Waals surface area (Å²) in [5.74, 6) is -15.8. The van der Waals surface area contributed by atoms with Crippen LogP contribution in [0.2, 0.25) is 0 Å². The molecule has 0 aromatic rings. The largest absolute Gasteiger partial charge is 0.442 e. The molecule has 0 aromatic carbocycles. The van der Waals surface area contributed by atoms with Gasteiger partial charge in [-0.1, -0.05) is 91.7 Å². The van der Waals surface area contributed by atoms with Crippen LogP contribution in [0.5, 0.6) is 0 Å². The molecule has 3 aliphatic heterocycles. The number of hydrogen-bond donors (Lipinski definition) is 14. The van der Waals surface area contributed by atoms with Crippen LogP contribution in [0.4, 0.5) is 0 Å². The summed E-state index contributed by atoms with van der Waals surface area (Å²) in [4.78, 5) is 196. The van der Waals surface area contributed by atoms with Crippen LogP contribution >= 0.6 is 11.6 Å². The molecule has 2 fully saturated rings. The number of rotatable bonds is 24. The van der Waals surface area contributed by atoms with E-state index in [0.29, 0.717) is 25.7 Å². The van der Waals surface area contributed by atoms with Crippen LogP contribution in [0.25, 0.3) is 0 Å². The van der Waals surface area contributed by atoms with Crippen molar-refractivity contribution < 1.29 is 91.9 Å². The topological polar surface area (TPSA) is 482 Å². The van der Waals surface area contributed by atoms with Gasteiger partial charge in [0.2, 0.25) is 82.1 Å². The Kier molecular flexibility index (Phi) is 30.7. The number of ketones is 2. The van der Waals surface area contributed by atoms with E-state index in [0.717, 1.165) is 46.5 Å². The van der Waals surface area contributed by atoms with E-state index < -0.39 is 184 Å². The number of fused-ring (bicyclic) bond motifs is 1. The van der Waals surface area contributed by atoms with Gasteiger partial charge in [0.05, 0.1) is 30.1 Å². The molecule has 532 valence electrons. The Morgan fingerprint density at radius 1 is 0.600 bits per heavy atom. The molecule has 11 amide bonds. The molecule has 0 bridgehead atoms. The Morgan fingerprint density at radius 2 is 1.03 bits per heavy atom. The summed E-state index contributed by atoms with van der Waals surface area (Å²) >= 11 is 6.67. The van der Waals surface area contributed by atoms with Gasteiger partial charge in [-0.25, -0.2) is 0 Å². The van der Waals surface area contributed by atoms with Gasteiger partial charge in [-0.3, -0.25) is 67.1 Å². The van der Waals surface area contributed by atoms with Crippen molar-refractivity contribution in [2.75, 3.05) is 13.2 Å². The van der Waals surface area contributed by atoms with Crippen molar-refractivity contribution >= 4 is 94.1 Å². The van der Waals surface area contributed by atoms with E-state index in [1.54, 1.807) is 34.6 Å². The van der Waals surface area contributed by atoms with Crippen molar-refractivity contribution in [1.82, 2.24) is 52.8 Å². The number of aliphatic hydroxyl groups excluding tert-OH is 3. The molecule has 14 atom stereocenters. The van der Waals surface area contributed by atoms with Crippen molar-refractivity contribution in [2.45, 2.75) is 262 Å². The van der Waals surface area contributed by atoms with Crippen molar-refractivity contribution in [3.63, 3.8) is 0 Å². The van der Waals surface area contributed by atoms with Gasteiger partial charge >= 0.3 is 5.97 Å². The Hall–Kier alpha value is -7.61. The number of aliphatic hydroxyl groups is 3. The number of Topliss-reactive ketones (excluding diaryl/α,β-unsaturated/α-hetero) is 2. The predicted molar refractivity (Wildman–Crippen MR) is 341 cm³/mol. The fraction of sp³-hybridized carbons (Fsp3) is 0.714. The highest BCUT2D eigenvalue weighted by atomic mass is 35.5. The number of carbonyl (C=O) groups is 14. The maximum atomic E-state index is 15.0.